The Balaban J connectivity index is 2.47. The second kappa shape index (κ2) is 6.54. The van der Waals surface area contributed by atoms with Crippen molar-refractivity contribution < 1.29 is 4.79 Å². The van der Waals surface area contributed by atoms with Crippen molar-refractivity contribution in [1.29, 1.82) is 0 Å². The van der Waals surface area contributed by atoms with E-state index in [1.165, 1.54) is 0 Å². The summed E-state index contributed by atoms with van der Waals surface area (Å²) in [6, 6.07) is 7.59. The molecule has 1 N–H and O–H groups in total. The highest BCUT2D eigenvalue weighted by molar-refractivity contribution is 6.17. The Bertz CT molecular complexity index is 352. The van der Waals surface area contributed by atoms with Gasteiger partial charge < -0.3 is 5.32 Å². The van der Waals surface area contributed by atoms with Crippen LogP contribution in [0.25, 0.3) is 0 Å². The molecule has 3 heteroatoms. The Morgan fingerprint density at radius 2 is 2.25 bits per heavy atom. The summed E-state index contributed by atoms with van der Waals surface area (Å²) in [5, 5.41) is 2.91. The predicted octanol–water partition coefficient (Wildman–Crippen LogP) is 2.99. The first kappa shape index (κ1) is 13.0. The molecule has 0 aliphatic rings. The van der Waals surface area contributed by atoms with Crippen LogP contribution in [0.5, 0.6) is 0 Å². The molecule has 0 aliphatic heterocycles. The molecule has 0 radical (unpaired) electrons. The highest BCUT2D eigenvalue weighted by atomic mass is 35.5. The number of aryl methyl sites for hydroxylation is 1. The SMILES string of the molecule is Cc1cccc(C(=O)NCC(C)CCCl)c1. The third-order valence-electron chi connectivity index (χ3n) is 2.49. The largest absolute Gasteiger partial charge is 0.352 e. The molecule has 1 amide bonds. The van der Waals surface area contributed by atoms with Crippen LogP contribution in [0.15, 0.2) is 24.3 Å². The van der Waals surface area contributed by atoms with Gasteiger partial charge in [0.05, 0.1) is 0 Å². The first-order chi connectivity index (χ1) is 7.63. The maximum atomic E-state index is 11.8. The van der Waals surface area contributed by atoms with Gasteiger partial charge >= 0.3 is 0 Å². The Hall–Kier alpha value is -1.02. The zero-order valence-corrected chi connectivity index (χ0v) is 10.6. The lowest BCUT2D eigenvalue weighted by Gasteiger charge is -2.11. The van der Waals surface area contributed by atoms with E-state index in [1.54, 1.807) is 0 Å². The van der Waals surface area contributed by atoms with Crippen LogP contribution in [0.1, 0.15) is 29.3 Å². The van der Waals surface area contributed by atoms with Gasteiger partial charge in [-0.05, 0) is 31.4 Å². The molecule has 1 aromatic carbocycles. The molecule has 0 aromatic heterocycles. The van der Waals surface area contributed by atoms with E-state index in [0.717, 1.165) is 17.5 Å². The van der Waals surface area contributed by atoms with Gasteiger partial charge in [-0.25, -0.2) is 0 Å². The Kier molecular flexibility index (Phi) is 5.33. The molecule has 1 rings (SSSR count). The molecule has 0 bridgehead atoms. The fraction of sp³-hybridized carbons (Fsp3) is 0.462. The predicted molar refractivity (Wildman–Crippen MR) is 68.0 cm³/mol. The average Bonchev–Trinajstić information content (AvgIpc) is 2.26. The van der Waals surface area contributed by atoms with Crippen molar-refractivity contribution in [2.24, 2.45) is 5.92 Å². The lowest BCUT2D eigenvalue weighted by Crippen LogP contribution is -2.28. The second-order valence-electron chi connectivity index (χ2n) is 4.16. The average molecular weight is 240 g/mol. The molecule has 16 heavy (non-hydrogen) atoms. The van der Waals surface area contributed by atoms with Gasteiger partial charge in [-0.1, -0.05) is 24.6 Å². The molecule has 1 atom stereocenters. The van der Waals surface area contributed by atoms with Gasteiger partial charge in [0.25, 0.3) is 5.91 Å². The van der Waals surface area contributed by atoms with Gasteiger partial charge in [0.15, 0.2) is 0 Å². The molecule has 0 heterocycles. The molecule has 1 aromatic rings. The molecular weight excluding hydrogens is 222 g/mol. The molecular formula is C13H18ClNO. The molecule has 1 unspecified atom stereocenters. The van der Waals surface area contributed by atoms with Crippen molar-refractivity contribution in [3.63, 3.8) is 0 Å². The normalized spacial score (nSPS) is 12.2. The quantitative estimate of drug-likeness (QED) is 0.787. The third kappa shape index (κ3) is 4.23. The summed E-state index contributed by atoms with van der Waals surface area (Å²) in [6.45, 7) is 4.74. The van der Waals surface area contributed by atoms with E-state index in [4.69, 9.17) is 11.6 Å². The van der Waals surface area contributed by atoms with Gasteiger partial charge in [-0.15, -0.1) is 11.6 Å². The third-order valence-corrected chi connectivity index (χ3v) is 2.71. The Labute approximate surface area is 102 Å². The number of nitrogens with one attached hydrogen (secondary N) is 1. The number of rotatable bonds is 5. The van der Waals surface area contributed by atoms with E-state index in [9.17, 15) is 4.79 Å². The summed E-state index contributed by atoms with van der Waals surface area (Å²) < 4.78 is 0. The van der Waals surface area contributed by atoms with E-state index >= 15 is 0 Å². The van der Waals surface area contributed by atoms with Crippen molar-refractivity contribution in [3.8, 4) is 0 Å². The second-order valence-corrected chi connectivity index (χ2v) is 4.54. The molecule has 0 spiro atoms. The van der Waals surface area contributed by atoms with Gasteiger partial charge in [0.1, 0.15) is 0 Å². The number of alkyl halides is 1. The standard InChI is InChI=1S/C13H18ClNO/c1-10-4-3-5-12(8-10)13(16)15-9-11(2)6-7-14/h3-5,8,11H,6-7,9H2,1-2H3,(H,15,16). The highest BCUT2D eigenvalue weighted by Crippen LogP contribution is 2.05. The van der Waals surface area contributed by atoms with Crippen LogP contribution in [-0.4, -0.2) is 18.3 Å². The van der Waals surface area contributed by atoms with E-state index < -0.39 is 0 Å². The summed E-state index contributed by atoms with van der Waals surface area (Å²) in [5.74, 6) is 1.05. The zero-order valence-electron chi connectivity index (χ0n) is 9.79. The molecule has 0 aliphatic carbocycles. The minimum atomic E-state index is -0.00915. The molecule has 0 saturated carbocycles. The van der Waals surface area contributed by atoms with Crippen molar-refractivity contribution in [2.45, 2.75) is 20.3 Å². The fourth-order valence-electron chi connectivity index (χ4n) is 1.44. The number of carbonyl (C=O) groups is 1. The Morgan fingerprint density at radius 1 is 1.50 bits per heavy atom. The topological polar surface area (TPSA) is 29.1 Å². The number of hydrogen-bond acceptors (Lipinski definition) is 1. The number of amides is 1. The van der Waals surface area contributed by atoms with Crippen LogP contribution in [-0.2, 0) is 0 Å². The zero-order chi connectivity index (χ0) is 12.0. The summed E-state index contributed by atoms with van der Waals surface area (Å²) >= 11 is 5.64. The van der Waals surface area contributed by atoms with Crippen molar-refractivity contribution >= 4 is 17.5 Å². The lowest BCUT2D eigenvalue weighted by atomic mass is 10.1. The number of carbonyl (C=O) groups excluding carboxylic acids is 1. The highest BCUT2D eigenvalue weighted by Gasteiger charge is 2.07. The van der Waals surface area contributed by atoms with Crippen LogP contribution in [0, 0.1) is 12.8 Å². The monoisotopic (exact) mass is 239 g/mol. The summed E-state index contributed by atoms with van der Waals surface area (Å²) in [6.07, 6.45) is 0.926. The first-order valence-electron chi connectivity index (χ1n) is 5.54. The van der Waals surface area contributed by atoms with Gasteiger partial charge in [0.2, 0.25) is 0 Å². The van der Waals surface area contributed by atoms with Crippen molar-refractivity contribution in [1.82, 2.24) is 5.32 Å². The minimum absolute atomic E-state index is 0.00915. The fourth-order valence-corrected chi connectivity index (χ4v) is 1.82. The molecule has 0 fully saturated rings. The van der Waals surface area contributed by atoms with Gasteiger partial charge in [-0.2, -0.15) is 0 Å². The minimum Gasteiger partial charge on any atom is -0.352 e. The first-order valence-corrected chi connectivity index (χ1v) is 6.07. The summed E-state index contributed by atoms with van der Waals surface area (Å²) in [4.78, 5) is 11.8. The van der Waals surface area contributed by atoms with Gasteiger partial charge in [-0.3, -0.25) is 4.79 Å². The molecule has 2 nitrogen and oxygen atoms in total. The van der Waals surface area contributed by atoms with Crippen LogP contribution in [0.3, 0.4) is 0 Å². The van der Waals surface area contributed by atoms with E-state index in [-0.39, 0.29) is 5.91 Å². The van der Waals surface area contributed by atoms with Gasteiger partial charge in [0, 0.05) is 18.0 Å². The summed E-state index contributed by atoms with van der Waals surface area (Å²) in [7, 11) is 0. The Morgan fingerprint density at radius 3 is 2.88 bits per heavy atom. The maximum absolute atomic E-state index is 11.8. The van der Waals surface area contributed by atoms with E-state index in [2.05, 4.69) is 12.2 Å². The lowest BCUT2D eigenvalue weighted by molar-refractivity contribution is 0.0948. The maximum Gasteiger partial charge on any atom is 0.251 e. The van der Waals surface area contributed by atoms with Crippen LogP contribution in [0.4, 0.5) is 0 Å². The van der Waals surface area contributed by atoms with Crippen LogP contribution in [0.2, 0.25) is 0 Å². The number of halogens is 1. The smallest absolute Gasteiger partial charge is 0.251 e. The molecule has 0 saturated heterocycles. The summed E-state index contributed by atoms with van der Waals surface area (Å²) in [5.41, 5.74) is 1.82. The van der Waals surface area contributed by atoms with E-state index in [0.29, 0.717) is 18.3 Å². The number of benzene rings is 1. The van der Waals surface area contributed by atoms with Crippen LogP contribution < -0.4 is 5.32 Å². The van der Waals surface area contributed by atoms with Crippen LogP contribution >= 0.6 is 11.6 Å². The van der Waals surface area contributed by atoms with Crippen molar-refractivity contribution in [2.75, 3.05) is 12.4 Å². The molecule has 88 valence electrons. The van der Waals surface area contributed by atoms with Crippen molar-refractivity contribution in [3.05, 3.63) is 35.4 Å². The van der Waals surface area contributed by atoms with E-state index in [1.807, 2.05) is 31.2 Å². The number of hydrogen-bond donors (Lipinski definition) is 1.